The van der Waals surface area contributed by atoms with Crippen LogP contribution in [0.5, 0.6) is 0 Å². The van der Waals surface area contributed by atoms with Crippen LogP contribution in [0.1, 0.15) is 40.0 Å². The first kappa shape index (κ1) is 21.9. The van der Waals surface area contributed by atoms with Crippen LogP contribution in [0.25, 0.3) is 0 Å². The smallest absolute Gasteiger partial charge is 0.255 e. The van der Waals surface area contributed by atoms with E-state index in [9.17, 15) is 9.59 Å². The Balaban J connectivity index is 0.00000280. The Morgan fingerprint density at radius 3 is 2.21 bits per heavy atom. The minimum Gasteiger partial charge on any atom is -0.339 e. The quantitative estimate of drug-likeness (QED) is 0.773. The lowest BCUT2D eigenvalue weighted by Crippen LogP contribution is -2.38. The summed E-state index contributed by atoms with van der Waals surface area (Å²) < 4.78 is 0. The van der Waals surface area contributed by atoms with Gasteiger partial charge >= 0.3 is 0 Å². The highest BCUT2D eigenvalue weighted by Crippen LogP contribution is 2.22. The van der Waals surface area contributed by atoms with E-state index in [2.05, 4.69) is 10.6 Å². The first-order valence-corrected chi connectivity index (χ1v) is 9.57. The third-order valence-electron chi connectivity index (χ3n) is 5.13. The van der Waals surface area contributed by atoms with Gasteiger partial charge in [-0.05, 0) is 75.2 Å². The molecule has 0 spiro atoms. The molecule has 28 heavy (non-hydrogen) atoms. The van der Waals surface area contributed by atoms with Crippen LogP contribution in [0.4, 0.5) is 5.69 Å². The second-order valence-corrected chi connectivity index (χ2v) is 7.03. The molecule has 0 aliphatic carbocycles. The van der Waals surface area contributed by atoms with E-state index in [1.807, 2.05) is 30.1 Å². The van der Waals surface area contributed by atoms with Crippen molar-refractivity contribution < 1.29 is 9.59 Å². The average Bonchev–Trinajstić information content (AvgIpc) is 2.73. The minimum atomic E-state index is -0.154. The van der Waals surface area contributed by atoms with E-state index in [0.717, 1.165) is 32.5 Å². The number of rotatable bonds is 6. The molecule has 0 aromatic heterocycles. The molecule has 0 unspecified atom stereocenters. The summed E-state index contributed by atoms with van der Waals surface area (Å²) in [7, 11) is 1.98. The number of nitrogens with zero attached hydrogens (tertiary/aromatic N) is 1. The largest absolute Gasteiger partial charge is 0.339 e. The molecule has 2 aromatic carbocycles. The van der Waals surface area contributed by atoms with Gasteiger partial charge in [0.2, 0.25) is 0 Å². The summed E-state index contributed by atoms with van der Waals surface area (Å²) in [5, 5.41) is 6.05. The number of halogens is 1. The van der Waals surface area contributed by atoms with Crippen LogP contribution in [-0.4, -0.2) is 43.4 Å². The summed E-state index contributed by atoms with van der Waals surface area (Å²) in [5.41, 5.74) is 1.96. The Hall–Kier alpha value is -2.37. The van der Waals surface area contributed by atoms with Crippen LogP contribution >= 0.6 is 12.4 Å². The molecule has 0 atom stereocenters. The third kappa shape index (κ3) is 5.81. The van der Waals surface area contributed by atoms with Crippen molar-refractivity contribution in [1.82, 2.24) is 10.2 Å². The number of anilines is 1. The van der Waals surface area contributed by atoms with E-state index in [1.54, 1.807) is 36.4 Å². The molecular weight excluding hydrogens is 374 g/mol. The maximum absolute atomic E-state index is 12.7. The number of hydrogen-bond acceptors (Lipinski definition) is 3. The SMILES string of the molecule is CNCCC1CCN(C(=O)c2ccc(NC(=O)c3ccccc3)cc2)CC1.Cl. The van der Waals surface area contributed by atoms with Gasteiger partial charge in [-0.2, -0.15) is 0 Å². The van der Waals surface area contributed by atoms with E-state index in [-0.39, 0.29) is 24.2 Å². The summed E-state index contributed by atoms with van der Waals surface area (Å²) in [5.74, 6) is 0.624. The summed E-state index contributed by atoms with van der Waals surface area (Å²) in [6, 6.07) is 16.2. The van der Waals surface area contributed by atoms with Gasteiger partial charge in [-0.15, -0.1) is 12.4 Å². The fourth-order valence-electron chi connectivity index (χ4n) is 3.44. The Kier molecular flexibility index (Phi) is 8.48. The number of carbonyl (C=O) groups is 2. The Labute approximate surface area is 172 Å². The molecule has 0 saturated carbocycles. The fraction of sp³-hybridized carbons (Fsp3) is 0.364. The maximum atomic E-state index is 12.7. The van der Waals surface area contributed by atoms with Crippen LogP contribution in [0, 0.1) is 5.92 Å². The molecule has 3 rings (SSSR count). The Morgan fingerprint density at radius 2 is 1.61 bits per heavy atom. The number of hydrogen-bond donors (Lipinski definition) is 2. The molecule has 150 valence electrons. The molecular formula is C22H28ClN3O2. The summed E-state index contributed by atoms with van der Waals surface area (Å²) >= 11 is 0. The maximum Gasteiger partial charge on any atom is 0.255 e. The van der Waals surface area contributed by atoms with Gasteiger partial charge in [-0.1, -0.05) is 18.2 Å². The summed E-state index contributed by atoms with van der Waals surface area (Å²) in [6.07, 6.45) is 3.31. The van der Waals surface area contributed by atoms with Crippen molar-refractivity contribution in [2.45, 2.75) is 19.3 Å². The molecule has 1 aliphatic rings. The molecule has 5 nitrogen and oxygen atoms in total. The van der Waals surface area contributed by atoms with Crippen molar-refractivity contribution in [3.8, 4) is 0 Å². The van der Waals surface area contributed by atoms with Crippen LogP contribution in [0.3, 0.4) is 0 Å². The second-order valence-electron chi connectivity index (χ2n) is 7.03. The van der Waals surface area contributed by atoms with Gasteiger partial charge in [-0.25, -0.2) is 0 Å². The van der Waals surface area contributed by atoms with E-state index >= 15 is 0 Å². The van der Waals surface area contributed by atoms with Crippen LogP contribution in [0.15, 0.2) is 54.6 Å². The average molecular weight is 402 g/mol. The normalized spacial score (nSPS) is 14.2. The number of piperidine rings is 1. The topological polar surface area (TPSA) is 61.4 Å². The zero-order valence-electron chi connectivity index (χ0n) is 16.2. The van der Waals surface area contributed by atoms with Crippen molar-refractivity contribution >= 4 is 29.9 Å². The molecule has 6 heteroatoms. The zero-order chi connectivity index (χ0) is 19.1. The van der Waals surface area contributed by atoms with Crippen molar-refractivity contribution in [3.63, 3.8) is 0 Å². The van der Waals surface area contributed by atoms with Gasteiger partial charge in [0, 0.05) is 29.9 Å². The van der Waals surface area contributed by atoms with E-state index in [4.69, 9.17) is 0 Å². The standard InChI is InChI=1S/C22H27N3O2.ClH/c1-23-14-11-17-12-15-25(16-13-17)22(27)19-7-9-20(10-8-19)24-21(26)18-5-3-2-4-6-18;/h2-10,17,23H,11-16H2,1H3,(H,24,26);1H. The van der Waals surface area contributed by atoms with Gasteiger partial charge in [0.25, 0.3) is 11.8 Å². The fourth-order valence-corrected chi connectivity index (χ4v) is 3.44. The molecule has 1 heterocycles. The van der Waals surface area contributed by atoms with Gasteiger partial charge in [0.05, 0.1) is 0 Å². The number of nitrogens with one attached hydrogen (secondary N) is 2. The highest BCUT2D eigenvalue weighted by Gasteiger charge is 2.23. The molecule has 2 aromatic rings. The predicted molar refractivity (Wildman–Crippen MR) is 115 cm³/mol. The number of amides is 2. The van der Waals surface area contributed by atoms with Crippen molar-refractivity contribution in [1.29, 1.82) is 0 Å². The third-order valence-corrected chi connectivity index (χ3v) is 5.13. The molecule has 2 amide bonds. The highest BCUT2D eigenvalue weighted by molar-refractivity contribution is 6.04. The molecule has 0 radical (unpaired) electrons. The molecule has 1 aliphatic heterocycles. The zero-order valence-corrected chi connectivity index (χ0v) is 17.0. The Morgan fingerprint density at radius 1 is 0.964 bits per heavy atom. The lowest BCUT2D eigenvalue weighted by molar-refractivity contribution is 0.0687. The first-order valence-electron chi connectivity index (χ1n) is 9.57. The molecule has 1 saturated heterocycles. The lowest BCUT2D eigenvalue weighted by Gasteiger charge is -2.32. The van der Waals surface area contributed by atoms with Gasteiger partial charge in [0.15, 0.2) is 0 Å². The van der Waals surface area contributed by atoms with Crippen molar-refractivity contribution in [2.75, 3.05) is 32.0 Å². The van der Waals surface area contributed by atoms with E-state index in [1.165, 1.54) is 6.42 Å². The molecule has 0 bridgehead atoms. The Bertz CT molecular complexity index is 757. The predicted octanol–water partition coefficient (Wildman–Crippen LogP) is 3.82. The van der Waals surface area contributed by atoms with Crippen LogP contribution < -0.4 is 10.6 Å². The van der Waals surface area contributed by atoms with Gasteiger partial charge < -0.3 is 15.5 Å². The van der Waals surface area contributed by atoms with Crippen LogP contribution in [0.2, 0.25) is 0 Å². The number of benzene rings is 2. The van der Waals surface area contributed by atoms with Crippen LogP contribution in [-0.2, 0) is 0 Å². The summed E-state index contributed by atoms with van der Waals surface area (Å²) in [6.45, 7) is 2.67. The monoisotopic (exact) mass is 401 g/mol. The molecule has 2 N–H and O–H groups in total. The van der Waals surface area contributed by atoms with E-state index in [0.29, 0.717) is 22.7 Å². The second kappa shape index (κ2) is 10.8. The molecule has 1 fully saturated rings. The van der Waals surface area contributed by atoms with Gasteiger partial charge in [-0.3, -0.25) is 9.59 Å². The van der Waals surface area contributed by atoms with Gasteiger partial charge in [0.1, 0.15) is 0 Å². The number of likely N-dealkylation sites (tertiary alicyclic amines) is 1. The van der Waals surface area contributed by atoms with Crippen molar-refractivity contribution in [2.24, 2.45) is 5.92 Å². The summed E-state index contributed by atoms with van der Waals surface area (Å²) in [4.78, 5) is 26.8. The minimum absolute atomic E-state index is 0. The van der Waals surface area contributed by atoms with Crippen molar-refractivity contribution in [3.05, 3.63) is 65.7 Å². The lowest BCUT2D eigenvalue weighted by atomic mass is 9.93. The number of carbonyl (C=O) groups excluding carboxylic acids is 2. The first-order chi connectivity index (χ1) is 13.2. The highest BCUT2D eigenvalue weighted by atomic mass is 35.5. The van der Waals surface area contributed by atoms with E-state index < -0.39 is 0 Å².